The van der Waals surface area contributed by atoms with E-state index in [1.54, 1.807) is 0 Å². The van der Waals surface area contributed by atoms with E-state index < -0.39 is 12.2 Å². The molecule has 1 fully saturated rings. The molecule has 0 bridgehead atoms. The summed E-state index contributed by atoms with van der Waals surface area (Å²) in [4.78, 5) is 12.1. The molecule has 0 aromatic heterocycles. The molecule has 2 aliphatic heterocycles. The van der Waals surface area contributed by atoms with Crippen LogP contribution in [-0.2, 0) is 22.4 Å². The molecule has 0 unspecified atom stereocenters. The van der Waals surface area contributed by atoms with Gasteiger partial charge < -0.3 is 25.0 Å². The number of aliphatic hydroxyl groups excluding tert-OH is 2. The van der Waals surface area contributed by atoms with Gasteiger partial charge in [0.15, 0.2) is 0 Å². The highest BCUT2D eigenvalue weighted by Gasteiger charge is 2.31. The fourth-order valence-electron chi connectivity index (χ4n) is 3.11. The molecule has 2 heterocycles. The first-order valence-electron chi connectivity index (χ1n) is 8.02. The third-order valence-corrected chi connectivity index (χ3v) is 4.38. The lowest BCUT2D eigenvalue weighted by atomic mass is 9.96. The van der Waals surface area contributed by atoms with Crippen LogP contribution in [0.4, 0.5) is 0 Å². The van der Waals surface area contributed by atoms with E-state index in [0.717, 1.165) is 23.3 Å². The normalized spacial score (nSPS) is 29.7. The van der Waals surface area contributed by atoms with E-state index in [4.69, 9.17) is 9.47 Å². The Morgan fingerprint density at radius 2 is 2.17 bits per heavy atom. The summed E-state index contributed by atoms with van der Waals surface area (Å²) in [7, 11) is 0. The summed E-state index contributed by atoms with van der Waals surface area (Å²) in [6.45, 7) is 2.80. The highest BCUT2D eigenvalue weighted by atomic mass is 16.5. The van der Waals surface area contributed by atoms with Crippen LogP contribution in [0, 0.1) is 5.92 Å². The van der Waals surface area contributed by atoms with Crippen molar-refractivity contribution in [2.24, 2.45) is 5.92 Å². The zero-order valence-corrected chi connectivity index (χ0v) is 13.2. The van der Waals surface area contributed by atoms with Crippen molar-refractivity contribution >= 4 is 5.91 Å². The second-order valence-electron chi connectivity index (χ2n) is 6.41. The second-order valence-corrected chi connectivity index (χ2v) is 6.41. The van der Waals surface area contributed by atoms with Crippen LogP contribution in [0.2, 0.25) is 0 Å². The summed E-state index contributed by atoms with van der Waals surface area (Å²) in [6.07, 6.45) is -0.400. The van der Waals surface area contributed by atoms with E-state index in [1.807, 2.05) is 25.1 Å². The van der Waals surface area contributed by atoms with Gasteiger partial charge in [-0.3, -0.25) is 4.79 Å². The molecular formula is C17H23NO5. The lowest BCUT2D eigenvalue weighted by Crippen LogP contribution is -2.48. The van der Waals surface area contributed by atoms with Gasteiger partial charge in [0.1, 0.15) is 18.0 Å². The van der Waals surface area contributed by atoms with Crippen LogP contribution in [0.3, 0.4) is 0 Å². The van der Waals surface area contributed by atoms with Crippen molar-refractivity contribution in [1.82, 2.24) is 5.32 Å². The van der Waals surface area contributed by atoms with Gasteiger partial charge in [-0.15, -0.1) is 0 Å². The summed E-state index contributed by atoms with van der Waals surface area (Å²) < 4.78 is 10.9. The molecule has 126 valence electrons. The monoisotopic (exact) mass is 321 g/mol. The van der Waals surface area contributed by atoms with Crippen LogP contribution in [0.15, 0.2) is 18.2 Å². The number of nitrogens with one attached hydrogen (secondary N) is 1. The van der Waals surface area contributed by atoms with Crippen LogP contribution in [0.5, 0.6) is 5.75 Å². The Bertz CT molecular complexity index is 576. The Morgan fingerprint density at radius 1 is 1.35 bits per heavy atom. The van der Waals surface area contributed by atoms with Gasteiger partial charge >= 0.3 is 0 Å². The van der Waals surface area contributed by atoms with E-state index in [9.17, 15) is 15.0 Å². The van der Waals surface area contributed by atoms with Crippen molar-refractivity contribution in [3.8, 4) is 5.75 Å². The third kappa shape index (κ3) is 3.83. The predicted molar refractivity (Wildman–Crippen MR) is 83.3 cm³/mol. The fraction of sp³-hybridized carbons (Fsp3) is 0.588. The Balaban J connectivity index is 1.51. The number of carbonyl (C=O) groups excluding carboxylic acids is 1. The number of hydrogen-bond donors (Lipinski definition) is 3. The van der Waals surface area contributed by atoms with Gasteiger partial charge in [0.25, 0.3) is 0 Å². The van der Waals surface area contributed by atoms with Gasteiger partial charge in [-0.1, -0.05) is 12.1 Å². The molecule has 1 amide bonds. The average Bonchev–Trinajstić information content (AvgIpc) is 2.88. The standard InChI is InChI=1S/C17H23NO5/c1-10-4-12-5-11(2-3-15(12)23-10)6-16(20)18-7-13-8-22-9-14(19)17(13)21/h2-3,5,10,13-14,17,19,21H,4,6-9H2,1H3,(H,18,20)/t10-,13-,14-,17+/m1/s1. The quantitative estimate of drug-likeness (QED) is 0.729. The molecule has 0 radical (unpaired) electrons. The maximum Gasteiger partial charge on any atom is 0.224 e. The van der Waals surface area contributed by atoms with Crippen LogP contribution in [0.1, 0.15) is 18.1 Å². The molecule has 0 spiro atoms. The van der Waals surface area contributed by atoms with Gasteiger partial charge in [0.05, 0.1) is 25.7 Å². The highest BCUT2D eigenvalue weighted by Crippen LogP contribution is 2.29. The summed E-state index contributed by atoms with van der Waals surface area (Å²) in [5.41, 5.74) is 2.08. The van der Waals surface area contributed by atoms with Crippen molar-refractivity contribution in [3.63, 3.8) is 0 Å². The number of benzene rings is 1. The number of rotatable bonds is 4. The van der Waals surface area contributed by atoms with Gasteiger partial charge in [-0.25, -0.2) is 0 Å². The maximum atomic E-state index is 12.1. The predicted octanol–water partition coefficient (Wildman–Crippen LogP) is 0.0369. The molecule has 6 heteroatoms. The van der Waals surface area contributed by atoms with Crippen LogP contribution in [0.25, 0.3) is 0 Å². The molecule has 1 saturated heterocycles. The smallest absolute Gasteiger partial charge is 0.224 e. The van der Waals surface area contributed by atoms with Gasteiger partial charge in [0.2, 0.25) is 5.91 Å². The summed E-state index contributed by atoms with van der Waals surface area (Å²) in [6, 6.07) is 5.83. The third-order valence-electron chi connectivity index (χ3n) is 4.38. The Labute approximate surface area is 135 Å². The minimum Gasteiger partial charge on any atom is -0.490 e. The Kier molecular flexibility index (Phi) is 4.84. The molecule has 1 aromatic rings. The number of amides is 1. The molecule has 0 saturated carbocycles. The molecule has 23 heavy (non-hydrogen) atoms. The van der Waals surface area contributed by atoms with Crippen LogP contribution in [-0.4, -0.2) is 54.2 Å². The number of hydrogen-bond acceptors (Lipinski definition) is 5. The van der Waals surface area contributed by atoms with E-state index >= 15 is 0 Å². The average molecular weight is 321 g/mol. The largest absolute Gasteiger partial charge is 0.490 e. The molecular weight excluding hydrogens is 298 g/mol. The zero-order chi connectivity index (χ0) is 16.4. The zero-order valence-electron chi connectivity index (χ0n) is 13.2. The number of aliphatic hydroxyl groups is 2. The first-order chi connectivity index (χ1) is 11.0. The van der Waals surface area contributed by atoms with E-state index in [2.05, 4.69) is 5.32 Å². The summed E-state index contributed by atoms with van der Waals surface area (Å²) in [5, 5.41) is 22.2. The van der Waals surface area contributed by atoms with Crippen molar-refractivity contribution in [3.05, 3.63) is 29.3 Å². The molecule has 1 aromatic carbocycles. The van der Waals surface area contributed by atoms with E-state index in [0.29, 0.717) is 13.2 Å². The van der Waals surface area contributed by atoms with Gasteiger partial charge in [-0.2, -0.15) is 0 Å². The topological polar surface area (TPSA) is 88.0 Å². The van der Waals surface area contributed by atoms with Crippen molar-refractivity contribution in [1.29, 1.82) is 0 Å². The van der Waals surface area contributed by atoms with Crippen LogP contribution < -0.4 is 10.1 Å². The first-order valence-corrected chi connectivity index (χ1v) is 8.02. The van der Waals surface area contributed by atoms with Gasteiger partial charge in [-0.05, 0) is 24.1 Å². The molecule has 3 rings (SSSR count). The SMILES string of the molecule is C[C@@H]1Cc2cc(CC(=O)NC[C@@H]3COC[C@@H](O)[C@H]3O)ccc2O1. The van der Waals surface area contributed by atoms with Gasteiger partial charge in [0, 0.05) is 18.9 Å². The second kappa shape index (κ2) is 6.86. The summed E-state index contributed by atoms with van der Waals surface area (Å²) >= 11 is 0. The molecule has 4 atom stereocenters. The highest BCUT2D eigenvalue weighted by molar-refractivity contribution is 5.78. The number of fused-ring (bicyclic) bond motifs is 1. The molecule has 3 N–H and O–H groups in total. The van der Waals surface area contributed by atoms with E-state index in [-0.39, 0.29) is 31.0 Å². The van der Waals surface area contributed by atoms with Crippen molar-refractivity contribution < 1.29 is 24.5 Å². The first kappa shape index (κ1) is 16.2. The van der Waals surface area contributed by atoms with Crippen LogP contribution >= 0.6 is 0 Å². The Morgan fingerprint density at radius 3 is 3.00 bits per heavy atom. The van der Waals surface area contributed by atoms with Crippen molar-refractivity contribution in [2.45, 2.75) is 38.1 Å². The molecule has 2 aliphatic rings. The minimum absolute atomic E-state index is 0.107. The van der Waals surface area contributed by atoms with E-state index in [1.165, 1.54) is 0 Å². The maximum absolute atomic E-state index is 12.1. The lowest BCUT2D eigenvalue weighted by molar-refractivity contribution is -0.127. The lowest BCUT2D eigenvalue weighted by Gasteiger charge is -2.31. The molecule has 0 aliphatic carbocycles. The fourth-order valence-corrected chi connectivity index (χ4v) is 3.11. The Hall–Kier alpha value is -1.63. The molecule has 6 nitrogen and oxygen atoms in total. The van der Waals surface area contributed by atoms with Crippen molar-refractivity contribution in [2.75, 3.05) is 19.8 Å². The number of ether oxygens (including phenoxy) is 2. The minimum atomic E-state index is -0.885. The summed E-state index contributed by atoms with van der Waals surface area (Å²) in [5.74, 6) is 0.513. The number of carbonyl (C=O) groups is 1.